The van der Waals surface area contributed by atoms with E-state index in [0.29, 0.717) is 36.3 Å². The summed E-state index contributed by atoms with van der Waals surface area (Å²) in [6.45, 7) is 2.58. The fraction of sp³-hybridized carbons (Fsp3) is 0.423. The van der Waals surface area contributed by atoms with Crippen molar-refractivity contribution < 1.29 is 14.4 Å². The molecule has 6 nitrogen and oxygen atoms in total. The van der Waals surface area contributed by atoms with E-state index >= 15 is 0 Å². The van der Waals surface area contributed by atoms with Crippen LogP contribution >= 0.6 is 0 Å². The Morgan fingerprint density at radius 2 is 1.66 bits per heavy atom. The van der Waals surface area contributed by atoms with E-state index < -0.39 is 6.04 Å². The van der Waals surface area contributed by atoms with E-state index in [0.717, 1.165) is 37.9 Å². The molecule has 3 aliphatic rings. The Bertz CT molecular complexity index is 1040. The quantitative estimate of drug-likeness (QED) is 0.742. The van der Waals surface area contributed by atoms with Crippen molar-refractivity contribution >= 4 is 23.4 Å². The zero-order chi connectivity index (χ0) is 22.1. The Balaban J connectivity index is 1.44. The van der Waals surface area contributed by atoms with E-state index in [9.17, 15) is 14.4 Å². The fourth-order valence-corrected chi connectivity index (χ4v) is 5.21. The number of nitrogens with zero attached hydrogens (tertiary/aromatic N) is 3. The Hall–Kier alpha value is -3.15. The molecule has 0 N–H and O–H groups in total. The number of carbonyl (C=O) groups excluding carboxylic acids is 3. The first-order valence-corrected chi connectivity index (χ1v) is 11.7. The lowest BCUT2D eigenvalue weighted by Gasteiger charge is -2.26. The fourth-order valence-electron chi connectivity index (χ4n) is 5.21. The van der Waals surface area contributed by atoms with Gasteiger partial charge in [0.05, 0.1) is 17.8 Å². The molecule has 3 heterocycles. The number of carbonyl (C=O) groups is 3. The largest absolute Gasteiger partial charge is 0.339 e. The van der Waals surface area contributed by atoms with E-state index in [4.69, 9.17) is 0 Å². The molecular formula is C26H29N3O3. The number of amides is 3. The van der Waals surface area contributed by atoms with Gasteiger partial charge in [-0.05, 0) is 55.5 Å². The van der Waals surface area contributed by atoms with Crippen LogP contribution < -0.4 is 4.90 Å². The molecule has 2 saturated heterocycles. The molecule has 0 radical (unpaired) electrons. The number of anilines is 1. The van der Waals surface area contributed by atoms with Crippen molar-refractivity contribution in [1.29, 1.82) is 0 Å². The highest BCUT2D eigenvalue weighted by atomic mass is 16.2. The molecule has 0 aliphatic carbocycles. The molecule has 3 aliphatic heterocycles. The Kier molecular flexibility index (Phi) is 5.68. The van der Waals surface area contributed by atoms with Gasteiger partial charge in [0.15, 0.2) is 0 Å². The lowest BCUT2D eigenvalue weighted by atomic mass is 10.1. The normalized spacial score (nSPS) is 21.1. The maximum absolute atomic E-state index is 13.5. The van der Waals surface area contributed by atoms with Gasteiger partial charge in [-0.15, -0.1) is 0 Å². The van der Waals surface area contributed by atoms with Crippen molar-refractivity contribution in [2.75, 3.05) is 24.5 Å². The topological polar surface area (TPSA) is 60.9 Å². The highest BCUT2D eigenvalue weighted by molar-refractivity contribution is 6.11. The van der Waals surface area contributed by atoms with Crippen LogP contribution in [0.1, 0.15) is 64.8 Å². The van der Waals surface area contributed by atoms with Gasteiger partial charge < -0.3 is 14.7 Å². The van der Waals surface area contributed by atoms with Gasteiger partial charge in [0, 0.05) is 25.2 Å². The molecule has 2 aromatic carbocycles. The SMILES string of the molecule is O=C(c1cccc(CN2C(=O)C3CCCN3C(=O)c3ccccc32)c1)N1CCCCCC1. The number of para-hydroxylation sites is 1. The lowest BCUT2D eigenvalue weighted by molar-refractivity contribution is -0.122. The van der Waals surface area contributed by atoms with Gasteiger partial charge in [0.2, 0.25) is 5.91 Å². The highest BCUT2D eigenvalue weighted by Crippen LogP contribution is 2.33. The number of fused-ring (bicyclic) bond motifs is 2. The summed E-state index contributed by atoms with van der Waals surface area (Å²) in [5.74, 6) is -0.0393. The summed E-state index contributed by atoms with van der Waals surface area (Å²) < 4.78 is 0. The third-order valence-corrected chi connectivity index (χ3v) is 6.90. The van der Waals surface area contributed by atoms with Crippen LogP contribution in [0.5, 0.6) is 0 Å². The maximum atomic E-state index is 13.5. The molecule has 32 heavy (non-hydrogen) atoms. The molecule has 5 rings (SSSR count). The molecule has 2 aromatic rings. The second-order valence-electron chi connectivity index (χ2n) is 9.00. The van der Waals surface area contributed by atoms with Crippen LogP contribution in [0.2, 0.25) is 0 Å². The predicted molar refractivity (Wildman–Crippen MR) is 123 cm³/mol. The van der Waals surface area contributed by atoms with Gasteiger partial charge in [-0.25, -0.2) is 0 Å². The first-order chi connectivity index (χ1) is 15.6. The summed E-state index contributed by atoms with van der Waals surface area (Å²) in [5, 5.41) is 0. The van der Waals surface area contributed by atoms with E-state index in [-0.39, 0.29) is 17.7 Å². The van der Waals surface area contributed by atoms with Crippen molar-refractivity contribution in [2.24, 2.45) is 0 Å². The van der Waals surface area contributed by atoms with Gasteiger partial charge in [0.1, 0.15) is 6.04 Å². The molecule has 166 valence electrons. The number of hydrogen-bond donors (Lipinski definition) is 0. The number of benzene rings is 2. The van der Waals surface area contributed by atoms with Crippen LogP contribution in [0.15, 0.2) is 48.5 Å². The number of likely N-dealkylation sites (tertiary alicyclic amines) is 1. The van der Waals surface area contributed by atoms with Crippen molar-refractivity contribution in [3.05, 3.63) is 65.2 Å². The van der Waals surface area contributed by atoms with Crippen LogP contribution in [0, 0.1) is 0 Å². The van der Waals surface area contributed by atoms with Crippen LogP contribution in [-0.4, -0.2) is 53.2 Å². The average Bonchev–Trinajstić information content (AvgIpc) is 3.13. The first-order valence-electron chi connectivity index (χ1n) is 11.7. The summed E-state index contributed by atoms with van der Waals surface area (Å²) >= 11 is 0. The summed E-state index contributed by atoms with van der Waals surface area (Å²) in [7, 11) is 0. The maximum Gasteiger partial charge on any atom is 0.256 e. The van der Waals surface area contributed by atoms with E-state index in [1.807, 2.05) is 47.4 Å². The molecule has 2 fully saturated rings. The zero-order valence-electron chi connectivity index (χ0n) is 18.3. The lowest BCUT2D eigenvalue weighted by Crippen LogP contribution is -2.44. The summed E-state index contributed by atoms with van der Waals surface area (Å²) in [6.07, 6.45) is 6.00. The average molecular weight is 432 g/mol. The minimum atomic E-state index is -0.406. The van der Waals surface area contributed by atoms with Gasteiger partial charge >= 0.3 is 0 Å². The Labute approximate surface area is 188 Å². The van der Waals surface area contributed by atoms with E-state index in [2.05, 4.69) is 0 Å². The molecule has 0 aromatic heterocycles. The molecule has 0 saturated carbocycles. The van der Waals surface area contributed by atoms with Gasteiger partial charge in [0.25, 0.3) is 11.8 Å². The predicted octanol–water partition coefficient (Wildman–Crippen LogP) is 3.85. The molecule has 1 atom stereocenters. The van der Waals surface area contributed by atoms with Crippen molar-refractivity contribution in [3.8, 4) is 0 Å². The van der Waals surface area contributed by atoms with E-state index in [1.165, 1.54) is 12.8 Å². The third-order valence-electron chi connectivity index (χ3n) is 6.90. The molecule has 6 heteroatoms. The minimum Gasteiger partial charge on any atom is -0.339 e. The molecule has 1 unspecified atom stereocenters. The smallest absolute Gasteiger partial charge is 0.256 e. The Morgan fingerprint density at radius 1 is 0.875 bits per heavy atom. The zero-order valence-corrected chi connectivity index (χ0v) is 18.3. The third kappa shape index (κ3) is 3.78. The highest BCUT2D eigenvalue weighted by Gasteiger charge is 2.41. The van der Waals surface area contributed by atoms with Gasteiger partial charge in [-0.2, -0.15) is 0 Å². The number of rotatable bonds is 3. The minimum absolute atomic E-state index is 0.0370. The molecule has 0 spiro atoms. The van der Waals surface area contributed by atoms with Crippen molar-refractivity contribution in [2.45, 2.75) is 51.1 Å². The van der Waals surface area contributed by atoms with Crippen molar-refractivity contribution in [3.63, 3.8) is 0 Å². The van der Waals surface area contributed by atoms with Crippen LogP contribution in [0.3, 0.4) is 0 Å². The molecule has 3 amide bonds. The second-order valence-corrected chi connectivity index (χ2v) is 9.00. The monoisotopic (exact) mass is 431 g/mol. The van der Waals surface area contributed by atoms with E-state index in [1.54, 1.807) is 15.9 Å². The van der Waals surface area contributed by atoms with Crippen LogP contribution in [-0.2, 0) is 11.3 Å². The summed E-state index contributed by atoms with van der Waals surface area (Å²) in [5.41, 5.74) is 2.79. The van der Waals surface area contributed by atoms with Crippen LogP contribution in [0.4, 0.5) is 5.69 Å². The van der Waals surface area contributed by atoms with Gasteiger partial charge in [-0.1, -0.05) is 37.1 Å². The Morgan fingerprint density at radius 3 is 2.47 bits per heavy atom. The summed E-state index contributed by atoms with van der Waals surface area (Å²) in [4.78, 5) is 45.1. The first kappa shape index (κ1) is 20.7. The molecular weight excluding hydrogens is 402 g/mol. The van der Waals surface area contributed by atoms with Gasteiger partial charge in [-0.3, -0.25) is 14.4 Å². The van der Waals surface area contributed by atoms with Crippen LogP contribution in [0.25, 0.3) is 0 Å². The second kappa shape index (κ2) is 8.77. The summed E-state index contributed by atoms with van der Waals surface area (Å²) in [6, 6.07) is 14.6. The molecule has 0 bridgehead atoms. The van der Waals surface area contributed by atoms with Crippen molar-refractivity contribution in [1.82, 2.24) is 9.80 Å². The number of hydrogen-bond acceptors (Lipinski definition) is 3. The standard InChI is InChI=1S/C26H29N3O3/c30-24(27-14-5-1-2-6-15-27)20-10-7-9-19(17-20)18-29-22-12-4-3-11-21(22)25(31)28-16-8-13-23(28)26(29)32/h3-4,7,9-12,17,23H,1-2,5-6,8,13-16,18H2.